The predicted octanol–water partition coefficient (Wildman–Crippen LogP) is 18.7. The third-order valence-electron chi connectivity index (χ3n) is 15.7. The van der Waals surface area contributed by atoms with E-state index in [4.69, 9.17) is 37.0 Å². The number of esters is 4. The van der Waals surface area contributed by atoms with Crippen molar-refractivity contribution in [3.63, 3.8) is 0 Å². The number of carbonyl (C=O) groups excluding carboxylic acids is 4. The molecule has 0 aliphatic heterocycles. The highest BCUT2D eigenvalue weighted by Crippen LogP contribution is 2.45. The fraction of sp³-hybridized carbons (Fsp3) is 0.940. The summed E-state index contributed by atoms with van der Waals surface area (Å²) in [6.07, 6.45) is 40.3. The van der Waals surface area contributed by atoms with Crippen LogP contribution in [0.3, 0.4) is 0 Å². The molecule has 3 N–H and O–H groups in total. The highest BCUT2D eigenvalue weighted by atomic mass is 31.2. The maximum Gasteiger partial charge on any atom is 0.472 e. The van der Waals surface area contributed by atoms with Gasteiger partial charge in [-0.25, -0.2) is 9.13 Å². The third-order valence-corrected chi connectivity index (χ3v) is 17.6. The number of phosphoric ester groups is 2. The summed E-state index contributed by atoms with van der Waals surface area (Å²) in [5, 5.41) is 10.6. The van der Waals surface area contributed by atoms with Crippen LogP contribution < -0.4 is 0 Å². The number of ether oxygens (including phenoxy) is 4. The second kappa shape index (κ2) is 58.2. The lowest BCUT2D eigenvalue weighted by Gasteiger charge is -2.21. The number of unbranched alkanes of at least 4 members (excludes halogenated alkanes) is 32. The Bertz CT molecular complexity index is 1700. The minimum atomic E-state index is -4.95. The van der Waals surface area contributed by atoms with E-state index in [2.05, 4.69) is 48.5 Å². The molecule has 6 atom stereocenters. The molecule has 0 fully saturated rings. The molecule has 0 bridgehead atoms. The number of aliphatic hydroxyl groups excluding tert-OH is 1. The van der Waals surface area contributed by atoms with E-state index in [1.54, 1.807) is 0 Å². The Hall–Kier alpha value is -1.94. The van der Waals surface area contributed by atoms with Crippen molar-refractivity contribution in [1.29, 1.82) is 0 Å². The summed E-state index contributed by atoms with van der Waals surface area (Å²) in [4.78, 5) is 72.3. The van der Waals surface area contributed by atoms with Crippen molar-refractivity contribution in [3.05, 3.63) is 0 Å². The maximum absolute atomic E-state index is 13.0. The molecular formula is C67H130O17P2. The van der Waals surface area contributed by atoms with E-state index in [1.807, 2.05) is 0 Å². The average molecular weight is 1270 g/mol. The fourth-order valence-electron chi connectivity index (χ4n) is 9.98. The Kier molecular flexibility index (Phi) is 56.9. The molecule has 17 nitrogen and oxygen atoms in total. The summed E-state index contributed by atoms with van der Waals surface area (Å²) in [5.74, 6) is 0.0895. The van der Waals surface area contributed by atoms with Gasteiger partial charge in [-0.1, -0.05) is 280 Å². The summed E-state index contributed by atoms with van der Waals surface area (Å²) in [6.45, 7) is 11.7. The van der Waals surface area contributed by atoms with Gasteiger partial charge in [0.2, 0.25) is 0 Å². The van der Waals surface area contributed by atoms with E-state index in [9.17, 15) is 43.2 Å². The quantitative estimate of drug-likeness (QED) is 0.0222. The number of hydrogen-bond donors (Lipinski definition) is 3. The van der Waals surface area contributed by atoms with Crippen LogP contribution in [-0.4, -0.2) is 96.7 Å². The van der Waals surface area contributed by atoms with Gasteiger partial charge in [-0.15, -0.1) is 0 Å². The normalized spacial score (nSPS) is 14.6. The van der Waals surface area contributed by atoms with E-state index in [0.29, 0.717) is 25.7 Å². The molecule has 0 saturated carbocycles. The van der Waals surface area contributed by atoms with Crippen LogP contribution in [0.15, 0.2) is 0 Å². The molecule has 0 amide bonds. The monoisotopic (exact) mass is 1270 g/mol. The lowest BCUT2D eigenvalue weighted by molar-refractivity contribution is -0.161. The lowest BCUT2D eigenvalue weighted by atomic mass is 10.00. The maximum atomic E-state index is 13.0. The Morgan fingerprint density at radius 2 is 0.593 bits per heavy atom. The first-order valence-corrected chi connectivity index (χ1v) is 37.9. The third kappa shape index (κ3) is 59.7. The zero-order chi connectivity index (χ0) is 63.8. The Morgan fingerprint density at radius 3 is 0.884 bits per heavy atom. The zero-order valence-corrected chi connectivity index (χ0v) is 57.6. The van der Waals surface area contributed by atoms with E-state index >= 15 is 0 Å². The molecule has 0 heterocycles. The minimum Gasteiger partial charge on any atom is -0.462 e. The number of rotatable bonds is 65. The van der Waals surface area contributed by atoms with Crippen LogP contribution in [0.2, 0.25) is 0 Å². The van der Waals surface area contributed by atoms with Crippen LogP contribution >= 0.6 is 15.6 Å². The summed E-state index contributed by atoms with van der Waals surface area (Å²) in [6, 6.07) is 0. The largest absolute Gasteiger partial charge is 0.472 e. The van der Waals surface area contributed by atoms with Gasteiger partial charge in [-0.3, -0.25) is 37.3 Å². The van der Waals surface area contributed by atoms with E-state index in [-0.39, 0.29) is 25.7 Å². The molecule has 510 valence electrons. The van der Waals surface area contributed by atoms with Gasteiger partial charge in [0, 0.05) is 25.7 Å². The standard InChI is InChI=1S/C67H130O17P2/c1-8-10-11-12-13-14-20-26-34-41-48-64(69)77-55-63(84-67(72)51-44-37-30-29-33-40-47-60(7)9-2)57-82-86(75,76)80-53-61(68)52-79-85(73,74)81-56-62(54-78-65(70)49-42-35-27-23-22-25-32-39-46-59(5)6)83-66(71)50-43-36-28-21-18-16-15-17-19-24-31-38-45-58(3)4/h58-63,68H,8-57H2,1-7H3,(H,73,74)(H,75,76)/t60?,61-,62-,63-/m1/s1. The zero-order valence-electron chi connectivity index (χ0n) is 55.8. The Balaban J connectivity index is 5.25. The molecule has 3 unspecified atom stereocenters. The van der Waals surface area contributed by atoms with Crippen molar-refractivity contribution >= 4 is 39.5 Å². The van der Waals surface area contributed by atoms with Crippen LogP contribution in [0.5, 0.6) is 0 Å². The molecular weight excluding hydrogens is 1140 g/mol. The smallest absolute Gasteiger partial charge is 0.462 e. The minimum absolute atomic E-state index is 0.103. The highest BCUT2D eigenvalue weighted by Gasteiger charge is 2.30. The van der Waals surface area contributed by atoms with Crippen molar-refractivity contribution in [2.24, 2.45) is 17.8 Å². The number of hydrogen-bond acceptors (Lipinski definition) is 15. The van der Waals surface area contributed by atoms with Gasteiger partial charge in [0.05, 0.1) is 26.4 Å². The van der Waals surface area contributed by atoms with Gasteiger partial charge in [-0.05, 0) is 43.4 Å². The number of aliphatic hydroxyl groups is 1. The van der Waals surface area contributed by atoms with Crippen molar-refractivity contribution < 1.29 is 80.2 Å². The summed E-state index contributed by atoms with van der Waals surface area (Å²) in [7, 11) is -9.89. The van der Waals surface area contributed by atoms with Crippen molar-refractivity contribution in [2.75, 3.05) is 39.6 Å². The van der Waals surface area contributed by atoms with E-state index < -0.39 is 97.5 Å². The Labute approximate surface area is 524 Å². The highest BCUT2D eigenvalue weighted by molar-refractivity contribution is 7.47. The first-order valence-electron chi connectivity index (χ1n) is 34.9. The summed E-state index contributed by atoms with van der Waals surface area (Å²) in [5.41, 5.74) is 0. The van der Waals surface area contributed by atoms with Gasteiger partial charge >= 0.3 is 39.5 Å². The molecule has 0 aliphatic rings. The summed E-state index contributed by atoms with van der Waals surface area (Å²) >= 11 is 0. The molecule has 0 rings (SSSR count). The van der Waals surface area contributed by atoms with Gasteiger partial charge in [0.1, 0.15) is 19.3 Å². The molecule has 19 heteroatoms. The molecule has 0 saturated heterocycles. The Morgan fingerprint density at radius 1 is 0.337 bits per heavy atom. The molecule has 86 heavy (non-hydrogen) atoms. The second-order valence-electron chi connectivity index (χ2n) is 25.4. The van der Waals surface area contributed by atoms with Crippen LogP contribution in [0.25, 0.3) is 0 Å². The van der Waals surface area contributed by atoms with Crippen LogP contribution in [0.1, 0.15) is 331 Å². The van der Waals surface area contributed by atoms with Crippen molar-refractivity contribution in [3.8, 4) is 0 Å². The van der Waals surface area contributed by atoms with Crippen LogP contribution in [0, 0.1) is 17.8 Å². The van der Waals surface area contributed by atoms with Crippen LogP contribution in [-0.2, 0) is 65.4 Å². The topological polar surface area (TPSA) is 237 Å². The molecule has 0 aliphatic carbocycles. The molecule has 0 aromatic heterocycles. The van der Waals surface area contributed by atoms with Crippen LogP contribution in [0.4, 0.5) is 0 Å². The lowest BCUT2D eigenvalue weighted by Crippen LogP contribution is -2.30. The second-order valence-corrected chi connectivity index (χ2v) is 28.3. The SMILES string of the molecule is CCCCCCCCCCCCC(=O)OC[C@H](COP(=O)(O)OC[C@H](O)COP(=O)(O)OC[C@@H](COC(=O)CCCCCCCCCCC(C)C)OC(=O)CCCCCCCCCCCCCCC(C)C)OC(=O)CCCCCCCCC(C)CC. The number of phosphoric acid groups is 2. The first-order chi connectivity index (χ1) is 41.3. The molecule has 0 aromatic rings. The van der Waals surface area contributed by atoms with Gasteiger partial charge in [0.15, 0.2) is 12.2 Å². The summed E-state index contributed by atoms with van der Waals surface area (Å²) < 4.78 is 68.1. The van der Waals surface area contributed by atoms with Crippen molar-refractivity contribution in [1.82, 2.24) is 0 Å². The van der Waals surface area contributed by atoms with Gasteiger partial charge in [0.25, 0.3) is 0 Å². The predicted molar refractivity (Wildman–Crippen MR) is 344 cm³/mol. The van der Waals surface area contributed by atoms with E-state index in [1.165, 1.54) is 141 Å². The fourth-order valence-corrected chi connectivity index (χ4v) is 11.6. The first kappa shape index (κ1) is 84.1. The molecule has 0 radical (unpaired) electrons. The van der Waals surface area contributed by atoms with E-state index in [0.717, 1.165) is 108 Å². The molecule has 0 spiro atoms. The van der Waals surface area contributed by atoms with Gasteiger partial charge < -0.3 is 33.8 Å². The van der Waals surface area contributed by atoms with Crippen molar-refractivity contribution in [2.45, 2.75) is 349 Å². The molecule has 0 aromatic carbocycles. The average Bonchev–Trinajstić information content (AvgIpc) is 3.64. The number of carbonyl (C=O) groups is 4. The van der Waals surface area contributed by atoms with Gasteiger partial charge in [-0.2, -0.15) is 0 Å².